The fourth-order valence-corrected chi connectivity index (χ4v) is 6.18. The van der Waals surface area contributed by atoms with Crippen molar-refractivity contribution in [1.29, 1.82) is 0 Å². The van der Waals surface area contributed by atoms with Crippen LogP contribution in [0.15, 0.2) is 72.8 Å². The van der Waals surface area contributed by atoms with Crippen LogP contribution in [0.2, 0.25) is 0 Å². The summed E-state index contributed by atoms with van der Waals surface area (Å²) in [6.45, 7) is 11.8. The lowest BCUT2D eigenvalue weighted by molar-refractivity contribution is -0.0277. The molecule has 3 aromatic carbocycles. The van der Waals surface area contributed by atoms with Crippen molar-refractivity contribution < 1.29 is 71.2 Å². The molecule has 0 aromatic heterocycles. The second-order valence-corrected chi connectivity index (χ2v) is 13.9. The first-order chi connectivity index (χ1) is 31.3. The fraction of sp³-hybridized carbons (Fsp3) is 0.574. The van der Waals surface area contributed by atoms with Gasteiger partial charge < -0.3 is 66.9 Å². The zero-order valence-corrected chi connectivity index (χ0v) is 36.6. The first kappa shape index (κ1) is 51.6. The molecule has 0 atom stereocenters. The summed E-state index contributed by atoms with van der Waals surface area (Å²) in [6.07, 6.45) is 1.06. The molecule has 0 heterocycles. The molecule has 350 valence electrons. The van der Waals surface area contributed by atoms with Gasteiger partial charge in [0, 0.05) is 24.6 Å². The van der Waals surface area contributed by atoms with Crippen molar-refractivity contribution in [2.24, 2.45) is 0 Å². The Kier molecular flexibility index (Phi) is 28.9. The van der Waals surface area contributed by atoms with E-state index in [1.165, 1.54) is 22.3 Å². The molecule has 0 saturated heterocycles. The van der Waals surface area contributed by atoms with Gasteiger partial charge in [0.05, 0.1) is 139 Å². The van der Waals surface area contributed by atoms with Gasteiger partial charge in [-0.25, -0.2) is 4.79 Å². The number of fused-ring (bicyclic) bond motifs is 3. The molecule has 0 unspecified atom stereocenters. The molecule has 1 N–H and O–H groups in total. The minimum Gasteiger partial charge on any atom is -0.491 e. The van der Waals surface area contributed by atoms with Crippen LogP contribution >= 0.6 is 0 Å². The molecule has 0 radical (unpaired) electrons. The summed E-state index contributed by atoms with van der Waals surface area (Å²) in [5.41, 5.74) is 5.41. The van der Waals surface area contributed by atoms with Gasteiger partial charge in [-0.3, -0.25) is 4.79 Å². The second-order valence-electron chi connectivity index (χ2n) is 13.9. The van der Waals surface area contributed by atoms with Crippen LogP contribution in [0.3, 0.4) is 0 Å². The molecule has 1 amide bonds. The van der Waals surface area contributed by atoms with Gasteiger partial charge in [0.2, 0.25) is 0 Å². The van der Waals surface area contributed by atoms with E-state index < -0.39 is 6.09 Å². The highest BCUT2D eigenvalue weighted by Gasteiger charge is 2.29. The summed E-state index contributed by atoms with van der Waals surface area (Å²) in [5.74, 6) is 0.744. The predicted molar refractivity (Wildman–Crippen MR) is 234 cm³/mol. The fourth-order valence-electron chi connectivity index (χ4n) is 6.18. The molecule has 1 aliphatic carbocycles. The highest BCUT2D eigenvalue weighted by Crippen LogP contribution is 2.44. The Labute approximate surface area is 371 Å². The minimum atomic E-state index is -0.419. The van der Waals surface area contributed by atoms with Crippen LogP contribution in [0.25, 0.3) is 11.1 Å². The Hall–Kier alpha value is -4.04. The van der Waals surface area contributed by atoms with Crippen LogP contribution in [0.5, 0.6) is 5.75 Å². The standard InChI is InChI=1S/C47H67NO15/c49-38-40-10-12-41(13-11-40)62-37-36-61-35-34-60-33-32-59-31-30-58-29-28-57-27-26-56-25-24-55-23-22-54-21-20-53-19-18-52-17-16-51-15-5-14-48-47(50)63-39-46-44-8-3-1-6-42(44)43-7-2-4-9-45(43)46/h1-4,6-13,38,46H,5,14-37,39H2,(H,48,50). The van der Waals surface area contributed by atoms with Crippen molar-refractivity contribution in [3.8, 4) is 16.9 Å². The number of amides is 1. The van der Waals surface area contributed by atoms with Crippen LogP contribution < -0.4 is 10.1 Å². The smallest absolute Gasteiger partial charge is 0.407 e. The Balaban J connectivity index is 0.759. The highest BCUT2D eigenvalue weighted by molar-refractivity contribution is 5.79. The van der Waals surface area contributed by atoms with Crippen molar-refractivity contribution in [1.82, 2.24) is 5.32 Å². The van der Waals surface area contributed by atoms with E-state index in [9.17, 15) is 9.59 Å². The van der Waals surface area contributed by atoms with Crippen molar-refractivity contribution in [3.63, 3.8) is 0 Å². The molecule has 4 rings (SSSR count). The summed E-state index contributed by atoms with van der Waals surface area (Å²) >= 11 is 0. The average Bonchev–Trinajstić information content (AvgIpc) is 3.64. The summed E-state index contributed by atoms with van der Waals surface area (Å²) < 4.78 is 71.8. The molecule has 16 heteroatoms. The van der Waals surface area contributed by atoms with Crippen LogP contribution in [0.4, 0.5) is 4.79 Å². The number of carbonyl (C=O) groups excluding carboxylic acids is 2. The molecule has 0 fully saturated rings. The summed E-state index contributed by atoms with van der Waals surface area (Å²) in [6, 6.07) is 23.5. The van der Waals surface area contributed by atoms with Gasteiger partial charge in [-0.05, 0) is 52.9 Å². The summed E-state index contributed by atoms with van der Waals surface area (Å²) in [5, 5.41) is 2.81. The number of nitrogens with one attached hydrogen (secondary N) is 1. The van der Waals surface area contributed by atoms with E-state index >= 15 is 0 Å². The van der Waals surface area contributed by atoms with E-state index in [0.717, 1.165) is 6.29 Å². The third-order valence-corrected chi connectivity index (χ3v) is 9.31. The Morgan fingerprint density at radius 3 is 1.17 bits per heavy atom. The number of ether oxygens (including phenoxy) is 13. The molecule has 0 spiro atoms. The number of alkyl carbamates (subject to hydrolysis) is 1. The zero-order valence-electron chi connectivity index (χ0n) is 36.6. The lowest BCUT2D eigenvalue weighted by Crippen LogP contribution is -2.27. The molecule has 3 aromatic rings. The summed E-state index contributed by atoms with van der Waals surface area (Å²) in [7, 11) is 0. The van der Waals surface area contributed by atoms with Crippen LogP contribution in [0.1, 0.15) is 33.8 Å². The second kappa shape index (κ2) is 35.3. The van der Waals surface area contributed by atoms with E-state index in [2.05, 4.69) is 29.6 Å². The SMILES string of the molecule is O=Cc1ccc(OCCOCCOCCOCCOCCOCCOCCOCCOCCOCCOCCOCCCNC(=O)OCC2c3ccccc3-c3ccccc32)cc1. The lowest BCUT2D eigenvalue weighted by atomic mass is 9.98. The van der Waals surface area contributed by atoms with Crippen LogP contribution in [-0.2, 0) is 56.8 Å². The molecule has 1 aliphatic rings. The maximum Gasteiger partial charge on any atom is 0.407 e. The van der Waals surface area contributed by atoms with Gasteiger partial charge in [0.1, 0.15) is 25.2 Å². The Bertz CT molecular complexity index is 1550. The third-order valence-electron chi connectivity index (χ3n) is 9.31. The molecular formula is C47H67NO15. The number of aldehydes is 1. The topological polar surface area (TPSA) is 166 Å². The highest BCUT2D eigenvalue weighted by atomic mass is 16.6. The van der Waals surface area contributed by atoms with Gasteiger partial charge in [-0.1, -0.05) is 48.5 Å². The monoisotopic (exact) mass is 885 g/mol. The molecule has 0 aliphatic heterocycles. The minimum absolute atomic E-state index is 0.0447. The molecule has 16 nitrogen and oxygen atoms in total. The molecular weight excluding hydrogens is 819 g/mol. The Morgan fingerprint density at radius 1 is 0.444 bits per heavy atom. The van der Waals surface area contributed by atoms with Crippen molar-refractivity contribution in [2.75, 3.05) is 165 Å². The van der Waals surface area contributed by atoms with Gasteiger partial charge in [0.15, 0.2) is 0 Å². The quantitative estimate of drug-likeness (QED) is 0.0598. The lowest BCUT2D eigenvalue weighted by Gasteiger charge is -2.14. The summed E-state index contributed by atoms with van der Waals surface area (Å²) in [4.78, 5) is 23.0. The van der Waals surface area contributed by atoms with Gasteiger partial charge in [-0.2, -0.15) is 0 Å². The zero-order chi connectivity index (χ0) is 44.1. The first-order valence-electron chi connectivity index (χ1n) is 21.9. The number of hydrogen-bond acceptors (Lipinski definition) is 15. The van der Waals surface area contributed by atoms with Crippen molar-refractivity contribution in [3.05, 3.63) is 89.5 Å². The average molecular weight is 886 g/mol. The number of carbonyl (C=O) groups is 2. The number of benzene rings is 3. The molecule has 63 heavy (non-hydrogen) atoms. The van der Waals surface area contributed by atoms with Gasteiger partial charge in [0.25, 0.3) is 0 Å². The predicted octanol–water partition coefficient (Wildman–Crippen LogP) is 4.99. The maximum atomic E-state index is 12.3. The van der Waals surface area contributed by atoms with E-state index in [-0.39, 0.29) is 5.92 Å². The van der Waals surface area contributed by atoms with Crippen molar-refractivity contribution in [2.45, 2.75) is 12.3 Å². The van der Waals surface area contributed by atoms with E-state index in [4.69, 9.17) is 61.6 Å². The Morgan fingerprint density at radius 2 is 0.794 bits per heavy atom. The van der Waals surface area contributed by atoms with E-state index in [1.807, 2.05) is 24.3 Å². The molecule has 0 saturated carbocycles. The maximum absolute atomic E-state index is 12.3. The number of hydrogen-bond donors (Lipinski definition) is 1. The molecule has 0 bridgehead atoms. The van der Waals surface area contributed by atoms with Crippen LogP contribution in [-0.4, -0.2) is 177 Å². The third kappa shape index (κ3) is 23.5. The van der Waals surface area contributed by atoms with Crippen molar-refractivity contribution >= 4 is 12.4 Å². The van der Waals surface area contributed by atoms with Gasteiger partial charge >= 0.3 is 6.09 Å². The first-order valence-corrected chi connectivity index (χ1v) is 21.9. The van der Waals surface area contributed by atoms with E-state index in [1.54, 1.807) is 24.3 Å². The van der Waals surface area contributed by atoms with Crippen LogP contribution in [0, 0.1) is 0 Å². The largest absolute Gasteiger partial charge is 0.491 e. The van der Waals surface area contributed by atoms with Gasteiger partial charge in [-0.15, -0.1) is 0 Å². The number of rotatable bonds is 41. The normalized spacial score (nSPS) is 12.0. The van der Waals surface area contributed by atoms with E-state index in [0.29, 0.717) is 183 Å².